The molecule has 1 saturated heterocycles. The lowest BCUT2D eigenvalue weighted by molar-refractivity contribution is 0.0132. The van der Waals surface area contributed by atoms with Crippen molar-refractivity contribution in [3.8, 4) is 6.07 Å². The van der Waals surface area contributed by atoms with E-state index in [4.69, 9.17) is 10.00 Å². The standard InChI is InChI=1S/C20H30FN5O/c1-15(2)10-18(26-6-8-27-9-7-26)14-25-20(23-3)24-13-17-11-16(12-22)4-5-19(17)21/h4-5,11,15,18H,6-10,13-14H2,1-3H3,(H2,23,24,25). The lowest BCUT2D eigenvalue weighted by atomic mass is 10.0. The lowest BCUT2D eigenvalue weighted by Gasteiger charge is -2.35. The van der Waals surface area contributed by atoms with Crippen molar-refractivity contribution in [3.05, 3.63) is 35.1 Å². The Morgan fingerprint density at radius 3 is 2.70 bits per heavy atom. The number of hydrogen-bond donors (Lipinski definition) is 2. The number of benzene rings is 1. The van der Waals surface area contributed by atoms with E-state index in [2.05, 4.69) is 34.4 Å². The average Bonchev–Trinajstić information content (AvgIpc) is 2.68. The van der Waals surface area contributed by atoms with Gasteiger partial charge in [-0.25, -0.2) is 4.39 Å². The molecule has 0 saturated carbocycles. The van der Waals surface area contributed by atoms with Crippen molar-refractivity contribution in [3.63, 3.8) is 0 Å². The zero-order valence-corrected chi connectivity index (χ0v) is 16.5. The number of nitrogens with one attached hydrogen (secondary N) is 2. The van der Waals surface area contributed by atoms with Gasteiger partial charge in [-0.15, -0.1) is 0 Å². The molecule has 0 spiro atoms. The number of hydrogen-bond acceptors (Lipinski definition) is 4. The number of aliphatic imine (C=N–C) groups is 1. The van der Waals surface area contributed by atoms with Crippen molar-refractivity contribution in [1.82, 2.24) is 15.5 Å². The van der Waals surface area contributed by atoms with Crippen LogP contribution in [0.25, 0.3) is 0 Å². The molecule has 0 aliphatic carbocycles. The SMILES string of the molecule is CN=C(NCc1cc(C#N)ccc1F)NCC(CC(C)C)N1CCOCC1. The summed E-state index contributed by atoms with van der Waals surface area (Å²) in [6.45, 7) is 8.92. The molecular formula is C20H30FN5O. The zero-order chi connectivity index (χ0) is 19.6. The molecule has 1 aromatic rings. The molecule has 2 rings (SSSR count). The zero-order valence-electron chi connectivity index (χ0n) is 16.5. The van der Waals surface area contributed by atoms with Crippen LogP contribution in [0.2, 0.25) is 0 Å². The van der Waals surface area contributed by atoms with Crippen LogP contribution in [0.1, 0.15) is 31.4 Å². The van der Waals surface area contributed by atoms with Crippen molar-refractivity contribution in [2.24, 2.45) is 10.9 Å². The summed E-state index contributed by atoms with van der Waals surface area (Å²) in [7, 11) is 1.70. The summed E-state index contributed by atoms with van der Waals surface area (Å²) in [5.74, 6) is 0.888. The van der Waals surface area contributed by atoms with E-state index in [0.29, 0.717) is 29.0 Å². The van der Waals surface area contributed by atoms with Gasteiger partial charge in [0.2, 0.25) is 0 Å². The predicted octanol–water partition coefficient (Wildman–Crippen LogP) is 2.11. The summed E-state index contributed by atoms with van der Waals surface area (Å²) in [6.07, 6.45) is 1.09. The van der Waals surface area contributed by atoms with E-state index in [1.54, 1.807) is 13.1 Å². The van der Waals surface area contributed by atoms with E-state index >= 15 is 0 Å². The summed E-state index contributed by atoms with van der Waals surface area (Å²) in [5.41, 5.74) is 0.893. The van der Waals surface area contributed by atoms with E-state index in [0.717, 1.165) is 39.3 Å². The van der Waals surface area contributed by atoms with E-state index in [9.17, 15) is 4.39 Å². The molecule has 1 aromatic carbocycles. The number of halogens is 1. The number of ether oxygens (including phenoxy) is 1. The van der Waals surface area contributed by atoms with E-state index in [1.807, 2.05) is 6.07 Å². The molecule has 1 aliphatic rings. The van der Waals surface area contributed by atoms with Gasteiger partial charge in [0.05, 0.1) is 24.8 Å². The fourth-order valence-corrected chi connectivity index (χ4v) is 3.24. The largest absolute Gasteiger partial charge is 0.379 e. The van der Waals surface area contributed by atoms with Gasteiger partial charge in [0.1, 0.15) is 5.82 Å². The molecular weight excluding hydrogens is 345 g/mol. The molecule has 7 heteroatoms. The minimum absolute atomic E-state index is 0.271. The normalized spacial score (nSPS) is 16.8. The molecule has 1 fully saturated rings. The Kier molecular flexibility index (Phi) is 8.49. The second-order valence-electron chi connectivity index (χ2n) is 7.16. The van der Waals surface area contributed by atoms with E-state index in [1.165, 1.54) is 12.1 Å². The van der Waals surface area contributed by atoms with Crippen molar-refractivity contribution in [2.45, 2.75) is 32.9 Å². The first-order chi connectivity index (χ1) is 13.0. The summed E-state index contributed by atoms with van der Waals surface area (Å²) in [4.78, 5) is 6.69. The molecule has 0 bridgehead atoms. The van der Waals surface area contributed by atoms with Crippen molar-refractivity contribution >= 4 is 5.96 Å². The monoisotopic (exact) mass is 375 g/mol. The van der Waals surface area contributed by atoms with E-state index in [-0.39, 0.29) is 12.4 Å². The molecule has 1 unspecified atom stereocenters. The predicted molar refractivity (Wildman–Crippen MR) is 105 cm³/mol. The molecule has 0 radical (unpaired) electrons. The Morgan fingerprint density at radius 2 is 2.07 bits per heavy atom. The first-order valence-corrected chi connectivity index (χ1v) is 9.48. The van der Waals surface area contributed by atoms with Crippen LogP contribution in [0.5, 0.6) is 0 Å². The summed E-state index contributed by atoms with van der Waals surface area (Å²) in [5, 5.41) is 15.5. The van der Waals surface area contributed by atoms with Gasteiger partial charge in [0.25, 0.3) is 0 Å². The third-order valence-electron chi connectivity index (χ3n) is 4.66. The number of guanidine groups is 1. The molecule has 148 valence electrons. The third-order valence-corrected chi connectivity index (χ3v) is 4.66. The highest BCUT2D eigenvalue weighted by Crippen LogP contribution is 2.13. The number of nitriles is 1. The second kappa shape index (κ2) is 10.9. The molecule has 27 heavy (non-hydrogen) atoms. The fourth-order valence-electron chi connectivity index (χ4n) is 3.24. The van der Waals surface area contributed by atoms with Gasteiger partial charge >= 0.3 is 0 Å². The van der Waals surface area contributed by atoms with Gasteiger partial charge in [-0.3, -0.25) is 9.89 Å². The van der Waals surface area contributed by atoms with Crippen LogP contribution in [0.4, 0.5) is 4.39 Å². The van der Waals surface area contributed by atoms with Crippen LogP contribution < -0.4 is 10.6 Å². The van der Waals surface area contributed by atoms with Crippen LogP contribution >= 0.6 is 0 Å². The quantitative estimate of drug-likeness (QED) is 0.564. The Labute approximate surface area is 161 Å². The molecule has 0 amide bonds. The van der Waals surface area contributed by atoms with Crippen molar-refractivity contribution in [1.29, 1.82) is 5.26 Å². The van der Waals surface area contributed by atoms with Crippen LogP contribution in [-0.2, 0) is 11.3 Å². The highest BCUT2D eigenvalue weighted by atomic mass is 19.1. The minimum atomic E-state index is -0.331. The Hall–Kier alpha value is -2.17. The summed E-state index contributed by atoms with van der Waals surface area (Å²) in [6, 6.07) is 6.79. The molecule has 1 aliphatic heterocycles. The maximum absolute atomic E-state index is 13.9. The average molecular weight is 375 g/mol. The van der Waals surface area contributed by atoms with Gasteiger partial charge in [-0.05, 0) is 30.5 Å². The first kappa shape index (κ1) is 21.1. The minimum Gasteiger partial charge on any atom is -0.379 e. The maximum Gasteiger partial charge on any atom is 0.191 e. The first-order valence-electron chi connectivity index (χ1n) is 9.48. The number of morpholine rings is 1. The van der Waals surface area contributed by atoms with Gasteiger partial charge in [-0.1, -0.05) is 13.8 Å². The molecule has 0 aromatic heterocycles. The van der Waals surface area contributed by atoms with Gasteiger partial charge in [0.15, 0.2) is 5.96 Å². The Bertz CT molecular complexity index is 665. The fraction of sp³-hybridized carbons (Fsp3) is 0.600. The molecule has 1 atom stereocenters. The molecule has 1 heterocycles. The number of rotatable bonds is 7. The van der Waals surface area contributed by atoms with Gasteiger partial charge in [-0.2, -0.15) is 5.26 Å². The molecule has 6 nitrogen and oxygen atoms in total. The van der Waals surface area contributed by atoms with Crippen LogP contribution in [0.3, 0.4) is 0 Å². The van der Waals surface area contributed by atoms with Crippen LogP contribution in [0, 0.1) is 23.1 Å². The van der Waals surface area contributed by atoms with Crippen molar-refractivity contribution in [2.75, 3.05) is 39.9 Å². The highest BCUT2D eigenvalue weighted by Gasteiger charge is 2.22. The van der Waals surface area contributed by atoms with Crippen LogP contribution in [-0.4, -0.2) is 56.8 Å². The smallest absolute Gasteiger partial charge is 0.191 e. The summed E-state index contributed by atoms with van der Waals surface area (Å²) >= 11 is 0. The third kappa shape index (κ3) is 6.81. The van der Waals surface area contributed by atoms with Gasteiger partial charge in [0, 0.05) is 44.8 Å². The number of nitrogens with zero attached hydrogens (tertiary/aromatic N) is 3. The second-order valence-corrected chi connectivity index (χ2v) is 7.16. The van der Waals surface area contributed by atoms with Crippen LogP contribution in [0.15, 0.2) is 23.2 Å². The Morgan fingerprint density at radius 1 is 1.33 bits per heavy atom. The maximum atomic E-state index is 13.9. The Balaban J connectivity index is 1.92. The highest BCUT2D eigenvalue weighted by molar-refractivity contribution is 5.79. The van der Waals surface area contributed by atoms with E-state index < -0.39 is 0 Å². The van der Waals surface area contributed by atoms with Crippen molar-refractivity contribution < 1.29 is 9.13 Å². The van der Waals surface area contributed by atoms with Gasteiger partial charge < -0.3 is 15.4 Å². The lowest BCUT2D eigenvalue weighted by Crippen LogP contribution is -2.51. The molecule has 2 N–H and O–H groups in total. The summed E-state index contributed by atoms with van der Waals surface area (Å²) < 4.78 is 19.4. The topological polar surface area (TPSA) is 72.7 Å².